The molecule has 1 aromatic heterocycles. The second kappa shape index (κ2) is 4.02. The third-order valence-electron chi connectivity index (χ3n) is 1.83. The maximum Gasteiger partial charge on any atom is 0.124 e. The van der Waals surface area contributed by atoms with Gasteiger partial charge in [0.25, 0.3) is 0 Å². The lowest BCUT2D eigenvalue weighted by Crippen LogP contribution is -1.82. The number of benzene rings is 1. The van der Waals surface area contributed by atoms with Crippen LogP contribution < -0.4 is 4.74 Å². The van der Waals surface area contributed by atoms with Crippen molar-refractivity contribution in [3.8, 4) is 16.3 Å². The highest BCUT2D eigenvalue weighted by molar-refractivity contribution is 7.80. The Labute approximate surface area is 92.0 Å². The molecule has 2 aromatic rings. The molecular weight excluding hydrogens is 214 g/mol. The maximum absolute atomic E-state index is 5.08. The Kier molecular flexibility index (Phi) is 2.74. The van der Waals surface area contributed by atoms with Crippen LogP contribution in [0, 0.1) is 0 Å². The van der Waals surface area contributed by atoms with Crippen molar-refractivity contribution >= 4 is 24.0 Å². The van der Waals surface area contributed by atoms with E-state index in [0.717, 1.165) is 21.3 Å². The van der Waals surface area contributed by atoms with Gasteiger partial charge in [0.05, 0.1) is 7.11 Å². The third kappa shape index (κ3) is 1.91. The van der Waals surface area contributed by atoms with Crippen LogP contribution in [0.5, 0.6) is 5.75 Å². The molecule has 72 valence electrons. The zero-order valence-electron chi connectivity index (χ0n) is 7.60. The molecule has 0 unspecified atom stereocenters. The molecule has 0 fully saturated rings. The van der Waals surface area contributed by atoms with Crippen molar-refractivity contribution in [1.82, 2.24) is 4.98 Å². The van der Waals surface area contributed by atoms with Gasteiger partial charge in [-0.15, -0.1) is 24.0 Å². The average molecular weight is 223 g/mol. The van der Waals surface area contributed by atoms with E-state index >= 15 is 0 Å². The van der Waals surface area contributed by atoms with E-state index in [1.807, 2.05) is 29.6 Å². The van der Waals surface area contributed by atoms with Crippen molar-refractivity contribution in [2.75, 3.05) is 7.11 Å². The van der Waals surface area contributed by atoms with Gasteiger partial charge in [0.1, 0.15) is 15.8 Å². The lowest BCUT2D eigenvalue weighted by atomic mass is 10.2. The minimum absolute atomic E-state index is 0.765. The van der Waals surface area contributed by atoms with E-state index in [1.54, 1.807) is 18.4 Å². The number of methoxy groups -OCH3 is 1. The van der Waals surface area contributed by atoms with Crippen molar-refractivity contribution in [1.29, 1.82) is 0 Å². The quantitative estimate of drug-likeness (QED) is 0.790. The van der Waals surface area contributed by atoms with Crippen LogP contribution in [-0.2, 0) is 0 Å². The Morgan fingerprint density at radius 1 is 1.29 bits per heavy atom. The third-order valence-corrected chi connectivity index (χ3v) is 3.12. The SMILES string of the molecule is COc1ccc(-c2nc(S)cs2)cc1. The molecule has 1 heterocycles. The molecule has 2 rings (SSSR count). The molecule has 4 heteroatoms. The van der Waals surface area contributed by atoms with Crippen LogP contribution in [0.2, 0.25) is 0 Å². The number of ether oxygens (including phenoxy) is 1. The lowest BCUT2D eigenvalue weighted by molar-refractivity contribution is 0.415. The highest BCUT2D eigenvalue weighted by Crippen LogP contribution is 2.26. The monoisotopic (exact) mass is 223 g/mol. The first-order chi connectivity index (χ1) is 6.79. The fourth-order valence-corrected chi connectivity index (χ4v) is 2.15. The maximum atomic E-state index is 5.08. The largest absolute Gasteiger partial charge is 0.497 e. The molecule has 14 heavy (non-hydrogen) atoms. The summed E-state index contributed by atoms with van der Waals surface area (Å²) in [6.45, 7) is 0. The highest BCUT2D eigenvalue weighted by atomic mass is 32.1. The molecule has 0 aliphatic heterocycles. The summed E-state index contributed by atoms with van der Waals surface area (Å²) in [5.74, 6) is 0.858. The summed E-state index contributed by atoms with van der Waals surface area (Å²) >= 11 is 5.76. The smallest absolute Gasteiger partial charge is 0.124 e. The van der Waals surface area contributed by atoms with Gasteiger partial charge in [-0.2, -0.15) is 0 Å². The van der Waals surface area contributed by atoms with Gasteiger partial charge in [0.2, 0.25) is 0 Å². The van der Waals surface area contributed by atoms with E-state index in [-0.39, 0.29) is 0 Å². The van der Waals surface area contributed by atoms with Crippen LogP contribution in [0.3, 0.4) is 0 Å². The number of hydrogen-bond acceptors (Lipinski definition) is 4. The normalized spacial score (nSPS) is 10.1. The first-order valence-electron chi connectivity index (χ1n) is 4.08. The number of thiazole rings is 1. The number of aromatic nitrogens is 1. The molecule has 0 N–H and O–H groups in total. The fourth-order valence-electron chi connectivity index (χ4n) is 1.13. The first kappa shape index (κ1) is 9.55. The average Bonchev–Trinajstić information content (AvgIpc) is 2.65. The van der Waals surface area contributed by atoms with Gasteiger partial charge in [-0.1, -0.05) is 0 Å². The zero-order chi connectivity index (χ0) is 9.97. The van der Waals surface area contributed by atoms with Crippen molar-refractivity contribution in [3.63, 3.8) is 0 Å². The molecule has 0 amide bonds. The van der Waals surface area contributed by atoms with Crippen LogP contribution in [0.15, 0.2) is 34.7 Å². The number of rotatable bonds is 2. The van der Waals surface area contributed by atoms with Crippen LogP contribution >= 0.6 is 24.0 Å². The van der Waals surface area contributed by atoms with E-state index in [9.17, 15) is 0 Å². The Morgan fingerprint density at radius 3 is 2.50 bits per heavy atom. The Bertz CT molecular complexity index is 422. The van der Waals surface area contributed by atoms with Crippen molar-refractivity contribution in [3.05, 3.63) is 29.6 Å². The zero-order valence-corrected chi connectivity index (χ0v) is 9.31. The molecule has 2 nitrogen and oxygen atoms in total. The van der Waals surface area contributed by atoms with Gasteiger partial charge in [0, 0.05) is 10.9 Å². The predicted octanol–water partition coefficient (Wildman–Crippen LogP) is 3.11. The van der Waals surface area contributed by atoms with E-state index in [4.69, 9.17) is 4.74 Å². The van der Waals surface area contributed by atoms with E-state index in [1.165, 1.54) is 0 Å². The first-order valence-corrected chi connectivity index (χ1v) is 5.41. The Morgan fingerprint density at radius 2 is 2.00 bits per heavy atom. The fraction of sp³-hybridized carbons (Fsp3) is 0.100. The molecule has 0 aliphatic carbocycles. The Hall–Kier alpha value is -1.00. The number of hydrogen-bond donors (Lipinski definition) is 1. The molecule has 0 saturated heterocycles. The summed E-state index contributed by atoms with van der Waals surface area (Å²) < 4.78 is 5.08. The van der Waals surface area contributed by atoms with Gasteiger partial charge in [-0.25, -0.2) is 4.98 Å². The number of nitrogens with zero attached hydrogens (tertiary/aromatic N) is 1. The second-order valence-corrected chi connectivity index (χ2v) is 4.06. The van der Waals surface area contributed by atoms with Crippen LogP contribution in [0.1, 0.15) is 0 Å². The molecule has 0 spiro atoms. The predicted molar refractivity (Wildman–Crippen MR) is 61.4 cm³/mol. The van der Waals surface area contributed by atoms with Crippen molar-refractivity contribution < 1.29 is 4.74 Å². The van der Waals surface area contributed by atoms with Crippen LogP contribution in [0.4, 0.5) is 0 Å². The molecule has 0 radical (unpaired) electrons. The van der Waals surface area contributed by atoms with Gasteiger partial charge in [0.15, 0.2) is 0 Å². The summed E-state index contributed by atoms with van der Waals surface area (Å²) in [6, 6.07) is 7.83. The second-order valence-electron chi connectivity index (χ2n) is 2.74. The summed E-state index contributed by atoms with van der Waals surface area (Å²) in [6.07, 6.45) is 0. The molecule has 0 aliphatic rings. The van der Waals surface area contributed by atoms with Crippen LogP contribution in [0.25, 0.3) is 10.6 Å². The summed E-state index contributed by atoms with van der Waals surface area (Å²) in [7, 11) is 1.66. The topological polar surface area (TPSA) is 22.1 Å². The molecule has 0 bridgehead atoms. The highest BCUT2D eigenvalue weighted by Gasteiger charge is 2.02. The summed E-state index contributed by atoms with van der Waals surface area (Å²) in [5.41, 5.74) is 1.09. The lowest BCUT2D eigenvalue weighted by Gasteiger charge is -1.99. The molecular formula is C10H9NOS2. The van der Waals surface area contributed by atoms with E-state index in [2.05, 4.69) is 17.6 Å². The van der Waals surface area contributed by atoms with Gasteiger partial charge in [-0.3, -0.25) is 0 Å². The van der Waals surface area contributed by atoms with Gasteiger partial charge >= 0.3 is 0 Å². The van der Waals surface area contributed by atoms with E-state index in [0.29, 0.717) is 0 Å². The molecule has 0 atom stereocenters. The number of thiol groups is 1. The van der Waals surface area contributed by atoms with Crippen LogP contribution in [-0.4, -0.2) is 12.1 Å². The summed E-state index contributed by atoms with van der Waals surface area (Å²) in [5, 5.41) is 3.67. The minimum Gasteiger partial charge on any atom is -0.497 e. The standard InChI is InChI=1S/C10H9NOS2/c1-12-8-4-2-7(3-5-8)10-11-9(13)6-14-10/h2-6,13H,1H3. The van der Waals surface area contributed by atoms with Crippen molar-refractivity contribution in [2.24, 2.45) is 0 Å². The van der Waals surface area contributed by atoms with Gasteiger partial charge in [-0.05, 0) is 24.3 Å². The van der Waals surface area contributed by atoms with Crippen molar-refractivity contribution in [2.45, 2.75) is 5.03 Å². The minimum atomic E-state index is 0.765. The van der Waals surface area contributed by atoms with E-state index < -0.39 is 0 Å². The van der Waals surface area contributed by atoms with Gasteiger partial charge < -0.3 is 4.74 Å². The Balaban J connectivity index is 2.33. The molecule has 1 aromatic carbocycles. The summed E-state index contributed by atoms with van der Waals surface area (Å²) in [4.78, 5) is 4.28. The molecule has 0 saturated carbocycles.